The van der Waals surface area contributed by atoms with E-state index < -0.39 is 0 Å². The van der Waals surface area contributed by atoms with Crippen molar-refractivity contribution in [1.82, 2.24) is 10.6 Å². The quantitative estimate of drug-likeness (QED) is 0.494. The Morgan fingerprint density at radius 3 is 2.32 bits per heavy atom. The van der Waals surface area contributed by atoms with Gasteiger partial charge in [0.15, 0.2) is 0 Å². The van der Waals surface area contributed by atoms with Crippen LogP contribution in [0.3, 0.4) is 0 Å². The highest BCUT2D eigenvalue weighted by molar-refractivity contribution is 5.98. The second-order valence-electron chi connectivity index (χ2n) is 7.27. The molecule has 0 radical (unpaired) electrons. The Morgan fingerprint density at radius 2 is 1.65 bits per heavy atom. The van der Waals surface area contributed by atoms with Gasteiger partial charge in [-0.3, -0.25) is 14.4 Å². The smallest absolute Gasteiger partial charge is 0.251 e. The van der Waals surface area contributed by atoms with Gasteiger partial charge in [-0.15, -0.1) is 0 Å². The Bertz CT molecular complexity index is 925. The number of nitrogens with one attached hydrogen (secondary N) is 4. The first kappa shape index (κ1) is 22.3. The van der Waals surface area contributed by atoms with Gasteiger partial charge in [0, 0.05) is 42.2 Å². The monoisotopic (exact) mass is 424 g/mol. The standard InChI is InChI=1S/C23H28N4O4/c1-2-24-22(29)16-6-3-8-18(12-16)25-15-21(28)27-19-9-4-7-17(13-19)23(30)26-14-20-10-5-11-31-20/h3-4,6-9,12-13,20,25H,2,5,10-11,14-15H2,1H3,(H,24,29)(H,26,30)(H,27,28). The Hall–Kier alpha value is -3.39. The predicted molar refractivity (Wildman–Crippen MR) is 119 cm³/mol. The lowest BCUT2D eigenvalue weighted by atomic mass is 10.1. The Balaban J connectivity index is 1.50. The number of hydrogen-bond donors (Lipinski definition) is 4. The number of benzene rings is 2. The summed E-state index contributed by atoms with van der Waals surface area (Å²) in [6, 6.07) is 13.7. The molecular formula is C23H28N4O4. The first-order chi connectivity index (χ1) is 15.0. The summed E-state index contributed by atoms with van der Waals surface area (Å²) in [4.78, 5) is 36.6. The third-order valence-electron chi connectivity index (χ3n) is 4.84. The van der Waals surface area contributed by atoms with Gasteiger partial charge in [-0.1, -0.05) is 12.1 Å². The molecule has 0 spiro atoms. The van der Waals surface area contributed by atoms with Crippen molar-refractivity contribution in [2.45, 2.75) is 25.9 Å². The third-order valence-corrected chi connectivity index (χ3v) is 4.84. The highest BCUT2D eigenvalue weighted by Gasteiger charge is 2.17. The zero-order valence-corrected chi connectivity index (χ0v) is 17.6. The Kier molecular flexibility index (Phi) is 8.00. The van der Waals surface area contributed by atoms with Crippen LogP contribution < -0.4 is 21.3 Å². The zero-order valence-electron chi connectivity index (χ0n) is 17.6. The number of hydrogen-bond acceptors (Lipinski definition) is 5. The van der Waals surface area contributed by atoms with E-state index in [-0.39, 0.29) is 30.4 Å². The van der Waals surface area contributed by atoms with Crippen LogP contribution in [0.2, 0.25) is 0 Å². The second kappa shape index (κ2) is 11.1. The zero-order chi connectivity index (χ0) is 22.1. The van der Waals surface area contributed by atoms with E-state index in [4.69, 9.17) is 4.74 Å². The summed E-state index contributed by atoms with van der Waals surface area (Å²) in [6.07, 6.45) is 2.05. The fourth-order valence-corrected chi connectivity index (χ4v) is 3.27. The maximum absolute atomic E-state index is 12.4. The summed E-state index contributed by atoms with van der Waals surface area (Å²) in [6.45, 7) is 3.65. The third kappa shape index (κ3) is 6.82. The lowest BCUT2D eigenvalue weighted by Gasteiger charge is -2.12. The number of anilines is 2. The molecule has 31 heavy (non-hydrogen) atoms. The molecule has 1 aliphatic heterocycles. The number of rotatable bonds is 9. The first-order valence-electron chi connectivity index (χ1n) is 10.5. The van der Waals surface area contributed by atoms with Crippen molar-refractivity contribution in [1.29, 1.82) is 0 Å². The molecule has 3 amide bonds. The van der Waals surface area contributed by atoms with Gasteiger partial charge in [-0.05, 0) is 56.2 Å². The number of ether oxygens (including phenoxy) is 1. The lowest BCUT2D eigenvalue weighted by molar-refractivity contribution is -0.114. The van der Waals surface area contributed by atoms with E-state index in [1.54, 1.807) is 48.5 Å². The average molecular weight is 425 g/mol. The lowest BCUT2D eigenvalue weighted by Crippen LogP contribution is -2.31. The summed E-state index contributed by atoms with van der Waals surface area (Å²) >= 11 is 0. The van der Waals surface area contributed by atoms with Crippen molar-refractivity contribution in [3.63, 3.8) is 0 Å². The SMILES string of the molecule is CCNC(=O)c1cccc(NCC(=O)Nc2cccc(C(=O)NCC3CCCO3)c2)c1. The van der Waals surface area contributed by atoms with Crippen LogP contribution in [-0.4, -0.2) is 50.1 Å². The van der Waals surface area contributed by atoms with Crippen LogP contribution in [0.1, 0.15) is 40.5 Å². The minimum atomic E-state index is -0.264. The highest BCUT2D eigenvalue weighted by atomic mass is 16.5. The number of amides is 3. The molecule has 164 valence electrons. The molecule has 3 rings (SSSR count). The van der Waals surface area contributed by atoms with Gasteiger partial charge in [0.05, 0.1) is 12.6 Å². The van der Waals surface area contributed by atoms with Gasteiger partial charge in [0.1, 0.15) is 0 Å². The maximum atomic E-state index is 12.4. The molecule has 4 N–H and O–H groups in total. The van der Waals surface area contributed by atoms with E-state index in [0.717, 1.165) is 19.4 Å². The van der Waals surface area contributed by atoms with Crippen molar-refractivity contribution in [3.05, 3.63) is 59.7 Å². The van der Waals surface area contributed by atoms with Gasteiger partial charge in [-0.2, -0.15) is 0 Å². The van der Waals surface area contributed by atoms with Crippen LogP contribution in [0.5, 0.6) is 0 Å². The van der Waals surface area contributed by atoms with E-state index in [1.807, 2.05) is 6.92 Å². The van der Waals surface area contributed by atoms with Crippen molar-refractivity contribution in [2.24, 2.45) is 0 Å². The van der Waals surface area contributed by atoms with Crippen LogP contribution in [0.15, 0.2) is 48.5 Å². The topological polar surface area (TPSA) is 109 Å². The summed E-state index contributed by atoms with van der Waals surface area (Å²) in [5.74, 6) is -0.627. The van der Waals surface area contributed by atoms with Crippen LogP contribution >= 0.6 is 0 Å². The van der Waals surface area contributed by atoms with Crippen molar-refractivity contribution in [3.8, 4) is 0 Å². The van der Waals surface area contributed by atoms with E-state index >= 15 is 0 Å². The van der Waals surface area contributed by atoms with E-state index in [0.29, 0.717) is 35.6 Å². The molecular weight excluding hydrogens is 396 g/mol. The molecule has 0 saturated carbocycles. The summed E-state index contributed by atoms with van der Waals surface area (Å²) in [7, 11) is 0. The molecule has 1 atom stereocenters. The van der Waals surface area contributed by atoms with Crippen LogP contribution in [-0.2, 0) is 9.53 Å². The molecule has 1 saturated heterocycles. The van der Waals surface area contributed by atoms with Gasteiger partial charge in [-0.25, -0.2) is 0 Å². The summed E-state index contributed by atoms with van der Waals surface area (Å²) < 4.78 is 5.51. The van der Waals surface area contributed by atoms with Crippen LogP contribution in [0.4, 0.5) is 11.4 Å². The normalized spacial score (nSPS) is 15.2. The molecule has 1 unspecified atom stereocenters. The van der Waals surface area contributed by atoms with E-state index in [9.17, 15) is 14.4 Å². The molecule has 0 bridgehead atoms. The minimum absolute atomic E-state index is 0.0221. The number of carbonyl (C=O) groups is 3. The molecule has 1 aliphatic rings. The Labute approximate surface area is 181 Å². The number of carbonyl (C=O) groups excluding carboxylic acids is 3. The summed E-state index contributed by atoms with van der Waals surface area (Å²) in [5, 5.41) is 11.4. The van der Waals surface area contributed by atoms with Crippen molar-refractivity contribution in [2.75, 3.05) is 36.9 Å². The predicted octanol–water partition coefficient (Wildman–Crippen LogP) is 2.40. The van der Waals surface area contributed by atoms with Gasteiger partial charge in [0.25, 0.3) is 11.8 Å². The van der Waals surface area contributed by atoms with Gasteiger partial charge < -0.3 is 26.0 Å². The molecule has 1 fully saturated rings. The van der Waals surface area contributed by atoms with E-state index in [1.165, 1.54) is 0 Å². The van der Waals surface area contributed by atoms with Gasteiger partial charge in [0.2, 0.25) is 5.91 Å². The minimum Gasteiger partial charge on any atom is -0.376 e. The highest BCUT2D eigenvalue weighted by Crippen LogP contribution is 2.14. The largest absolute Gasteiger partial charge is 0.376 e. The molecule has 0 aliphatic carbocycles. The molecule has 2 aromatic carbocycles. The maximum Gasteiger partial charge on any atom is 0.251 e. The Morgan fingerprint density at radius 1 is 0.968 bits per heavy atom. The molecule has 8 nitrogen and oxygen atoms in total. The average Bonchev–Trinajstić information content (AvgIpc) is 3.30. The fraction of sp³-hybridized carbons (Fsp3) is 0.348. The summed E-state index contributed by atoms with van der Waals surface area (Å²) in [5.41, 5.74) is 2.20. The van der Waals surface area contributed by atoms with Crippen LogP contribution in [0, 0.1) is 0 Å². The molecule has 2 aromatic rings. The molecule has 0 aromatic heterocycles. The van der Waals surface area contributed by atoms with Crippen molar-refractivity contribution >= 4 is 29.1 Å². The van der Waals surface area contributed by atoms with E-state index in [2.05, 4.69) is 21.3 Å². The molecule has 8 heteroatoms. The van der Waals surface area contributed by atoms with Crippen molar-refractivity contribution < 1.29 is 19.1 Å². The molecule has 1 heterocycles. The first-order valence-corrected chi connectivity index (χ1v) is 10.5. The van der Waals surface area contributed by atoms with Gasteiger partial charge >= 0.3 is 0 Å². The fourth-order valence-electron chi connectivity index (χ4n) is 3.27. The second-order valence-corrected chi connectivity index (χ2v) is 7.27. The van der Waals surface area contributed by atoms with Crippen LogP contribution in [0.25, 0.3) is 0 Å².